The van der Waals surface area contributed by atoms with Crippen LogP contribution in [0.4, 0.5) is 11.5 Å². The Morgan fingerprint density at radius 1 is 1.59 bits per heavy atom. The van der Waals surface area contributed by atoms with Crippen LogP contribution >= 0.6 is 11.3 Å². The molecule has 0 aliphatic heterocycles. The largest absolute Gasteiger partial charge is 0.496 e. The van der Waals surface area contributed by atoms with Crippen LogP contribution in [0.5, 0.6) is 5.75 Å². The number of amides is 1. The van der Waals surface area contributed by atoms with E-state index in [1.165, 1.54) is 11.3 Å². The zero-order valence-electron chi connectivity index (χ0n) is 9.14. The number of rotatable bonds is 3. The summed E-state index contributed by atoms with van der Waals surface area (Å²) in [4.78, 5) is 16.4. The molecular formula is C11H11N3O2S. The lowest BCUT2D eigenvalue weighted by atomic mass is 10.3. The van der Waals surface area contributed by atoms with Crippen molar-refractivity contribution in [3.63, 3.8) is 0 Å². The van der Waals surface area contributed by atoms with Crippen molar-refractivity contribution in [2.24, 2.45) is 0 Å². The van der Waals surface area contributed by atoms with Crippen LogP contribution in [0.2, 0.25) is 0 Å². The van der Waals surface area contributed by atoms with Gasteiger partial charge in [0.25, 0.3) is 5.91 Å². The number of nitrogen functional groups attached to an aromatic ring is 1. The first kappa shape index (κ1) is 11.4. The molecule has 88 valence electrons. The van der Waals surface area contributed by atoms with Gasteiger partial charge in [0, 0.05) is 17.6 Å². The third-order valence-corrected chi connectivity index (χ3v) is 3.01. The minimum Gasteiger partial charge on any atom is -0.496 e. The minimum atomic E-state index is -0.247. The number of nitrogens with zero attached hydrogens (tertiary/aromatic N) is 1. The van der Waals surface area contributed by atoms with Crippen molar-refractivity contribution in [3.05, 3.63) is 34.7 Å². The number of anilines is 2. The number of pyridine rings is 1. The van der Waals surface area contributed by atoms with Crippen LogP contribution in [-0.4, -0.2) is 18.0 Å². The quantitative estimate of drug-likeness (QED) is 0.872. The van der Waals surface area contributed by atoms with E-state index < -0.39 is 0 Å². The van der Waals surface area contributed by atoms with Gasteiger partial charge in [-0.1, -0.05) is 0 Å². The van der Waals surface area contributed by atoms with Gasteiger partial charge in [0.1, 0.15) is 5.75 Å². The van der Waals surface area contributed by atoms with Crippen molar-refractivity contribution in [2.75, 3.05) is 18.2 Å². The Labute approximate surface area is 102 Å². The Balaban J connectivity index is 2.14. The number of hydrogen-bond donors (Lipinski definition) is 2. The van der Waals surface area contributed by atoms with Crippen LogP contribution in [0.3, 0.4) is 0 Å². The maximum Gasteiger partial charge on any atom is 0.267 e. The van der Waals surface area contributed by atoms with Gasteiger partial charge in [-0.05, 0) is 12.1 Å². The molecule has 0 aliphatic carbocycles. The first-order chi connectivity index (χ1) is 8.20. The minimum absolute atomic E-state index is 0.247. The Bertz CT molecular complexity index is 539. The molecule has 0 fully saturated rings. The number of thiophene rings is 1. The fourth-order valence-corrected chi connectivity index (χ4v) is 1.99. The number of hydrogen-bond acceptors (Lipinski definition) is 5. The molecule has 0 bridgehead atoms. The molecule has 17 heavy (non-hydrogen) atoms. The Morgan fingerprint density at radius 2 is 2.41 bits per heavy atom. The van der Waals surface area contributed by atoms with Crippen molar-refractivity contribution in [2.45, 2.75) is 0 Å². The van der Waals surface area contributed by atoms with E-state index in [0.29, 0.717) is 22.1 Å². The lowest BCUT2D eigenvalue weighted by molar-refractivity contribution is 0.103. The number of carbonyl (C=O) groups excluding carboxylic acids is 1. The molecule has 0 radical (unpaired) electrons. The molecule has 3 N–H and O–H groups in total. The first-order valence-electron chi connectivity index (χ1n) is 4.85. The summed E-state index contributed by atoms with van der Waals surface area (Å²) in [6.07, 6.45) is 1.57. The van der Waals surface area contributed by atoms with Gasteiger partial charge in [-0.2, -0.15) is 0 Å². The predicted molar refractivity (Wildman–Crippen MR) is 67.5 cm³/mol. The summed E-state index contributed by atoms with van der Waals surface area (Å²) in [5.41, 5.74) is 6.11. The van der Waals surface area contributed by atoms with Crippen molar-refractivity contribution in [1.82, 2.24) is 4.98 Å². The maximum atomic E-state index is 11.8. The van der Waals surface area contributed by atoms with Gasteiger partial charge in [-0.3, -0.25) is 4.79 Å². The van der Waals surface area contributed by atoms with Gasteiger partial charge in [0.05, 0.1) is 17.7 Å². The van der Waals surface area contributed by atoms with Crippen molar-refractivity contribution in [3.8, 4) is 5.75 Å². The second kappa shape index (κ2) is 4.84. The van der Waals surface area contributed by atoms with Crippen LogP contribution < -0.4 is 15.8 Å². The second-order valence-corrected chi connectivity index (χ2v) is 4.16. The van der Waals surface area contributed by atoms with Crippen LogP contribution in [0.1, 0.15) is 9.67 Å². The molecule has 0 saturated heterocycles. The number of methoxy groups -OCH3 is 1. The smallest absolute Gasteiger partial charge is 0.267 e. The van der Waals surface area contributed by atoms with Crippen molar-refractivity contribution >= 4 is 28.7 Å². The van der Waals surface area contributed by atoms with Gasteiger partial charge in [-0.25, -0.2) is 4.98 Å². The summed E-state index contributed by atoms with van der Waals surface area (Å²) in [5.74, 6) is 0.780. The second-order valence-electron chi connectivity index (χ2n) is 3.25. The normalized spacial score (nSPS) is 9.94. The van der Waals surface area contributed by atoms with Gasteiger partial charge in [0.15, 0.2) is 5.82 Å². The Morgan fingerprint density at radius 3 is 3.06 bits per heavy atom. The van der Waals surface area contributed by atoms with Crippen molar-refractivity contribution < 1.29 is 9.53 Å². The average Bonchev–Trinajstić information content (AvgIpc) is 2.81. The molecule has 2 aromatic heterocycles. The highest BCUT2D eigenvalue weighted by Gasteiger charge is 2.11. The van der Waals surface area contributed by atoms with Crippen LogP contribution in [0, 0.1) is 0 Å². The zero-order chi connectivity index (χ0) is 12.3. The topological polar surface area (TPSA) is 77.2 Å². The van der Waals surface area contributed by atoms with E-state index in [2.05, 4.69) is 10.3 Å². The number of aromatic nitrogens is 1. The zero-order valence-corrected chi connectivity index (χ0v) is 9.95. The molecule has 1 amide bonds. The molecule has 6 heteroatoms. The van der Waals surface area contributed by atoms with E-state index in [0.717, 1.165) is 0 Å². The molecule has 0 aromatic carbocycles. The number of carbonyl (C=O) groups is 1. The van der Waals surface area contributed by atoms with Crippen LogP contribution in [0.25, 0.3) is 0 Å². The van der Waals surface area contributed by atoms with Gasteiger partial charge in [0.2, 0.25) is 0 Å². The SMILES string of the molecule is COc1csc(C(=O)Nc2ncccc2N)c1. The molecule has 0 saturated carbocycles. The standard InChI is InChI=1S/C11H11N3O2S/c1-16-7-5-9(17-6-7)11(15)14-10-8(12)3-2-4-13-10/h2-6H,12H2,1H3,(H,13,14,15). The highest BCUT2D eigenvalue weighted by atomic mass is 32.1. The first-order valence-corrected chi connectivity index (χ1v) is 5.73. The lowest BCUT2D eigenvalue weighted by Crippen LogP contribution is -2.12. The van der Waals surface area contributed by atoms with Crippen molar-refractivity contribution in [1.29, 1.82) is 0 Å². The molecule has 0 atom stereocenters. The van der Waals surface area contributed by atoms with E-state index >= 15 is 0 Å². The third kappa shape index (κ3) is 2.54. The average molecular weight is 249 g/mol. The van der Waals surface area contributed by atoms with Gasteiger partial charge >= 0.3 is 0 Å². The van der Waals surface area contributed by atoms with Gasteiger partial charge < -0.3 is 15.8 Å². The van der Waals surface area contributed by atoms with E-state index in [1.54, 1.807) is 36.9 Å². The van der Waals surface area contributed by atoms with E-state index in [-0.39, 0.29) is 5.91 Å². The molecule has 0 aliphatic rings. The van der Waals surface area contributed by atoms with E-state index in [9.17, 15) is 4.79 Å². The Hall–Kier alpha value is -2.08. The molecule has 5 nitrogen and oxygen atoms in total. The molecule has 0 unspecified atom stereocenters. The van der Waals surface area contributed by atoms with E-state index in [1.807, 2.05) is 0 Å². The van der Waals surface area contributed by atoms with Crippen LogP contribution in [-0.2, 0) is 0 Å². The summed E-state index contributed by atoms with van der Waals surface area (Å²) < 4.78 is 5.01. The van der Waals surface area contributed by atoms with Gasteiger partial charge in [-0.15, -0.1) is 11.3 Å². The summed E-state index contributed by atoms with van der Waals surface area (Å²) in [6.45, 7) is 0. The fourth-order valence-electron chi connectivity index (χ4n) is 1.24. The lowest BCUT2D eigenvalue weighted by Gasteiger charge is -2.04. The summed E-state index contributed by atoms with van der Waals surface area (Å²) in [7, 11) is 1.56. The van der Waals surface area contributed by atoms with E-state index in [4.69, 9.17) is 10.5 Å². The van der Waals surface area contributed by atoms with Crippen LogP contribution in [0.15, 0.2) is 29.8 Å². The number of ether oxygens (including phenoxy) is 1. The molecule has 0 spiro atoms. The monoisotopic (exact) mass is 249 g/mol. The highest BCUT2D eigenvalue weighted by molar-refractivity contribution is 7.12. The fraction of sp³-hybridized carbons (Fsp3) is 0.0909. The highest BCUT2D eigenvalue weighted by Crippen LogP contribution is 2.22. The maximum absolute atomic E-state index is 11.8. The molecule has 2 aromatic rings. The molecule has 2 rings (SSSR count). The molecule has 2 heterocycles. The Kier molecular flexibility index (Phi) is 3.24. The summed E-state index contributed by atoms with van der Waals surface area (Å²) >= 11 is 1.30. The predicted octanol–water partition coefficient (Wildman–Crippen LogP) is 1.99. The third-order valence-electron chi connectivity index (χ3n) is 2.11. The summed E-state index contributed by atoms with van der Waals surface area (Å²) in [5, 5.41) is 4.40. The number of nitrogens with one attached hydrogen (secondary N) is 1. The number of nitrogens with two attached hydrogens (primary N) is 1. The molecular weight excluding hydrogens is 238 g/mol. The summed E-state index contributed by atoms with van der Waals surface area (Å²) in [6, 6.07) is 5.05.